The Balaban J connectivity index is 1.43. The molecule has 1 saturated carbocycles. The smallest absolute Gasteiger partial charge is 0.408 e. The number of rotatable bonds is 14. The van der Waals surface area contributed by atoms with Crippen LogP contribution in [0.25, 0.3) is 33.6 Å². The minimum absolute atomic E-state index is 0.356. The van der Waals surface area contributed by atoms with Crippen LogP contribution in [0, 0.1) is 0 Å². The molecule has 1 atom stereocenters. The second-order valence-electron chi connectivity index (χ2n) is 12.8. The number of carbonyl (C=O) groups is 1. The Morgan fingerprint density at radius 1 is 0.830 bits per heavy atom. The normalized spacial score (nSPS) is 14.3. The van der Waals surface area contributed by atoms with Crippen LogP contribution >= 0.6 is 0 Å². The Labute approximate surface area is 276 Å². The SMILES string of the molecule is COCCOc1c(-c2ccc(-c3cnc(C(C)NC(=O)OC(C)(C)C)[nH]3)cc2)ccc(-c2cnc(C3CCCC3)[nH]2)c1OCCOC. The molecule has 1 fully saturated rings. The molecule has 1 aliphatic rings. The van der Waals surface area contributed by atoms with Crippen LogP contribution in [-0.2, 0) is 14.2 Å². The van der Waals surface area contributed by atoms with Gasteiger partial charge in [-0.2, -0.15) is 0 Å². The summed E-state index contributed by atoms with van der Waals surface area (Å²) in [6.45, 7) is 8.93. The third kappa shape index (κ3) is 8.72. The quantitative estimate of drug-likeness (QED) is 0.121. The molecule has 11 heteroatoms. The first-order valence-electron chi connectivity index (χ1n) is 16.3. The summed E-state index contributed by atoms with van der Waals surface area (Å²) in [6.07, 6.45) is 7.96. The minimum Gasteiger partial charge on any atom is -0.487 e. The van der Waals surface area contributed by atoms with Gasteiger partial charge in [0, 0.05) is 31.3 Å². The number of hydrogen-bond donors (Lipinski definition) is 3. The van der Waals surface area contributed by atoms with E-state index in [1.807, 2.05) is 58.2 Å². The maximum atomic E-state index is 12.2. The summed E-state index contributed by atoms with van der Waals surface area (Å²) in [5.74, 6) is 3.38. The molecule has 252 valence electrons. The predicted molar refractivity (Wildman–Crippen MR) is 181 cm³/mol. The van der Waals surface area contributed by atoms with Crippen molar-refractivity contribution < 1.29 is 28.5 Å². The van der Waals surface area contributed by atoms with E-state index >= 15 is 0 Å². The highest BCUT2D eigenvalue weighted by Crippen LogP contribution is 2.45. The Hall–Kier alpha value is -4.35. The summed E-state index contributed by atoms with van der Waals surface area (Å²) in [5.41, 5.74) is 4.82. The third-order valence-electron chi connectivity index (χ3n) is 8.05. The first kappa shape index (κ1) is 34.0. The Kier molecular flexibility index (Phi) is 11.2. The fraction of sp³-hybridized carbons (Fsp3) is 0.472. The van der Waals surface area contributed by atoms with Gasteiger partial charge < -0.3 is 39.0 Å². The maximum Gasteiger partial charge on any atom is 0.408 e. The number of carbonyl (C=O) groups excluding carboxylic acids is 1. The van der Waals surface area contributed by atoms with Gasteiger partial charge in [-0.15, -0.1) is 0 Å². The molecule has 3 N–H and O–H groups in total. The van der Waals surface area contributed by atoms with E-state index in [1.165, 1.54) is 12.8 Å². The Morgan fingerprint density at radius 2 is 1.43 bits per heavy atom. The highest BCUT2D eigenvalue weighted by atomic mass is 16.6. The zero-order chi connectivity index (χ0) is 33.4. The van der Waals surface area contributed by atoms with E-state index in [0.29, 0.717) is 49.7 Å². The molecule has 47 heavy (non-hydrogen) atoms. The summed E-state index contributed by atoms with van der Waals surface area (Å²) in [5, 5.41) is 2.83. The zero-order valence-corrected chi connectivity index (χ0v) is 28.3. The van der Waals surface area contributed by atoms with Crippen molar-refractivity contribution in [1.29, 1.82) is 0 Å². The monoisotopic (exact) mass is 645 g/mol. The van der Waals surface area contributed by atoms with Crippen LogP contribution in [-0.4, -0.2) is 72.3 Å². The van der Waals surface area contributed by atoms with Crippen LogP contribution in [0.3, 0.4) is 0 Å². The van der Waals surface area contributed by atoms with E-state index in [9.17, 15) is 4.79 Å². The topological polar surface area (TPSA) is 133 Å². The molecule has 0 aliphatic heterocycles. The molecule has 2 heterocycles. The number of imidazole rings is 2. The molecule has 0 bridgehead atoms. The number of aromatic amines is 2. The molecule has 1 amide bonds. The number of nitrogens with zero attached hydrogens (tertiary/aromatic N) is 2. The van der Waals surface area contributed by atoms with E-state index in [0.717, 1.165) is 52.3 Å². The van der Waals surface area contributed by atoms with Crippen molar-refractivity contribution in [2.45, 2.75) is 70.9 Å². The molecular formula is C36H47N5O6. The first-order valence-corrected chi connectivity index (χ1v) is 16.3. The molecule has 1 unspecified atom stereocenters. The van der Waals surface area contributed by atoms with Gasteiger partial charge in [0.05, 0.1) is 43.0 Å². The zero-order valence-electron chi connectivity index (χ0n) is 28.3. The Bertz CT molecular complexity index is 1600. The number of hydrogen-bond acceptors (Lipinski definition) is 8. The number of aromatic nitrogens is 4. The molecule has 4 aromatic rings. The minimum atomic E-state index is -0.580. The molecular weight excluding hydrogens is 598 g/mol. The van der Waals surface area contributed by atoms with Gasteiger partial charge in [-0.1, -0.05) is 37.1 Å². The van der Waals surface area contributed by atoms with Gasteiger partial charge in [-0.3, -0.25) is 0 Å². The average Bonchev–Trinajstić information content (AvgIpc) is 3.83. The second kappa shape index (κ2) is 15.5. The van der Waals surface area contributed by atoms with Gasteiger partial charge in [0.1, 0.15) is 30.5 Å². The van der Waals surface area contributed by atoms with Gasteiger partial charge in [-0.25, -0.2) is 14.8 Å². The van der Waals surface area contributed by atoms with Crippen molar-refractivity contribution in [3.05, 3.63) is 60.4 Å². The largest absolute Gasteiger partial charge is 0.487 e. The lowest BCUT2D eigenvalue weighted by molar-refractivity contribution is 0.0506. The Morgan fingerprint density at radius 3 is 2.06 bits per heavy atom. The number of H-pyrrole nitrogens is 2. The lowest BCUT2D eigenvalue weighted by atomic mass is 9.98. The van der Waals surface area contributed by atoms with Crippen molar-refractivity contribution in [2.24, 2.45) is 0 Å². The fourth-order valence-corrected chi connectivity index (χ4v) is 5.71. The van der Waals surface area contributed by atoms with Crippen LogP contribution < -0.4 is 14.8 Å². The predicted octanol–water partition coefficient (Wildman–Crippen LogP) is 7.43. The van der Waals surface area contributed by atoms with E-state index in [1.54, 1.807) is 20.4 Å². The van der Waals surface area contributed by atoms with Crippen molar-refractivity contribution in [3.8, 4) is 45.1 Å². The fourth-order valence-electron chi connectivity index (χ4n) is 5.71. The van der Waals surface area contributed by atoms with E-state index in [4.69, 9.17) is 28.7 Å². The van der Waals surface area contributed by atoms with Crippen LogP contribution in [0.1, 0.15) is 77.0 Å². The number of alkyl carbamates (subject to hydrolysis) is 1. The first-order chi connectivity index (χ1) is 22.7. The molecule has 2 aromatic heterocycles. The van der Waals surface area contributed by atoms with Crippen molar-refractivity contribution in [2.75, 3.05) is 40.6 Å². The van der Waals surface area contributed by atoms with Crippen molar-refractivity contribution >= 4 is 6.09 Å². The van der Waals surface area contributed by atoms with Gasteiger partial charge in [0.15, 0.2) is 11.5 Å². The lowest BCUT2D eigenvalue weighted by Gasteiger charge is -2.21. The van der Waals surface area contributed by atoms with E-state index < -0.39 is 11.7 Å². The lowest BCUT2D eigenvalue weighted by Crippen LogP contribution is -2.34. The summed E-state index contributed by atoms with van der Waals surface area (Å²) < 4.78 is 28.7. The molecule has 0 spiro atoms. The average molecular weight is 646 g/mol. The molecule has 11 nitrogen and oxygen atoms in total. The number of methoxy groups -OCH3 is 2. The maximum absolute atomic E-state index is 12.2. The number of benzene rings is 2. The highest BCUT2D eigenvalue weighted by molar-refractivity contribution is 5.83. The van der Waals surface area contributed by atoms with E-state index in [-0.39, 0.29) is 6.04 Å². The number of ether oxygens (including phenoxy) is 5. The van der Waals surface area contributed by atoms with Crippen molar-refractivity contribution in [3.63, 3.8) is 0 Å². The van der Waals surface area contributed by atoms with Crippen LogP contribution in [0.2, 0.25) is 0 Å². The third-order valence-corrected chi connectivity index (χ3v) is 8.05. The standard InChI is InChI=1S/C36H47N5O6/c1-23(39-35(42)47-36(2,3)4)33-37-21-29(40-33)25-13-11-24(12-14-25)27-15-16-28(30-22-38-34(41-30)26-9-7-8-10-26)32(46-20-18-44-6)31(27)45-19-17-43-5/h11-16,21-23,26H,7-10,17-20H2,1-6H3,(H,37,40)(H,38,41)(H,39,42). The molecule has 2 aromatic carbocycles. The summed E-state index contributed by atoms with van der Waals surface area (Å²) in [7, 11) is 3.31. The molecule has 1 aliphatic carbocycles. The molecule has 0 saturated heterocycles. The molecule has 0 radical (unpaired) electrons. The second-order valence-corrected chi connectivity index (χ2v) is 12.8. The molecule has 5 rings (SSSR count). The summed E-state index contributed by atoms with van der Waals surface area (Å²) in [4.78, 5) is 28.4. The van der Waals surface area contributed by atoms with Crippen LogP contribution in [0.4, 0.5) is 4.79 Å². The highest BCUT2D eigenvalue weighted by Gasteiger charge is 2.24. The van der Waals surface area contributed by atoms with Crippen LogP contribution in [0.15, 0.2) is 48.8 Å². The van der Waals surface area contributed by atoms with Crippen molar-refractivity contribution in [1.82, 2.24) is 25.3 Å². The van der Waals surface area contributed by atoms with Gasteiger partial charge in [-0.05, 0) is 63.8 Å². The van der Waals surface area contributed by atoms with E-state index in [2.05, 4.69) is 32.4 Å². The summed E-state index contributed by atoms with van der Waals surface area (Å²) >= 11 is 0. The van der Waals surface area contributed by atoms with Crippen LogP contribution in [0.5, 0.6) is 11.5 Å². The number of nitrogens with one attached hydrogen (secondary N) is 3. The number of amides is 1. The van der Waals surface area contributed by atoms with Gasteiger partial charge in [0.25, 0.3) is 0 Å². The van der Waals surface area contributed by atoms with Gasteiger partial charge >= 0.3 is 6.09 Å². The summed E-state index contributed by atoms with van der Waals surface area (Å²) in [6, 6.07) is 11.9. The van der Waals surface area contributed by atoms with Gasteiger partial charge in [0.2, 0.25) is 0 Å².